The van der Waals surface area contributed by atoms with Crippen molar-refractivity contribution >= 4 is 11.7 Å². The molecule has 7 heteroatoms. The SMILES string of the molecule is Cc1c(C(=O)N(CCCO)C2CCC2)cnc2ncnn12. The van der Waals surface area contributed by atoms with Gasteiger partial charge in [-0.05, 0) is 32.6 Å². The average molecular weight is 289 g/mol. The van der Waals surface area contributed by atoms with Crippen LogP contribution in [0.25, 0.3) is 5.78 Å². The van der Waals surface area contributed by atoms with E-state index < -0.39 is 0 Å². The number of aliphatic hydroxyl groups excluding tert-OH is 1. The molecule has 1 aliphatic rings. The second kappa shape index (κ2) is 5.77. The number of fused-ring (bicyclic) bond motifs is 1. The van der Waals surface area contributed by atoms with Crippen LogP contribution in [0.1, 0.15) is 41.7 Å². The summed E-state index contributed by atoms with van der Waals surface area (Å²) in [6, 6.07) is 0.287. The van der Waals surface area contributed by atoms with Crippen LogP contribution in [0.15, 0.2) is 12.5 Å². The van der Waals surface area contributed by atoms with Crippen LogP contribution < -0.4 is 0 Å². The Morgan fingerprint density at radius 3 is 2.95 bits per heavy atom. The highest BCUT2D eigenvalue weighted by Crippen LogP contribution is 2.26. The van der Waals surface area contributed by atoms with Gasteiger partial charge in [-0.2, -0.15) is 10.1 Å². The van der Waals surface area contributed by atoms with Crippen molar-refractivity contribution in [3.8, 4) is 0 Å². The summed E-state index contributed by atoms with van der Waals surface area (Å²) in [5.74, 6) is 0.463. The lowest BCUT2D eigenvalue weighted by atomic mass is 9.90. The van der Waals surface area contributed by atoms with Crippen LogP contribution in [0.5, 0.6) is 0 Å². The van der Waals surface area contributed by atoms with E-state index in [9.17, 15) is 4.79 Å². The Balaban J connectivity index is 1.90. The molecule has 0 radical (unpaired) electrons. The number of aromatic nitrogens is 4. The quantitative estimate of drug-likeness (QED) is 0.880. The van der Waals surface area contributed by atoms with Gasteiger partial charge >= 0.3 is 0 Å². The summed E-state index contributed by atoms with van der Waals surface area (Å²) in [4.78, 5) is 22.9. The van der Waals surface area contributed by atoms with Crippen LogP contribution in [0.4, 0.5) is 0 Å². The van der Waals surface area contributed by atoms with E-state index >= 15 is 0 Å². The molecule has 0 bridgehead atoms. The number of hydrogen-bond donors (Lipinski definition) is 1. The first-order chi connectivity index (χ1) is 10.2. The highest BCUT2D eigenvalue weighted by Gasteiger charge is 2.30. The standard InChI is InChI=1S/C14H19N5O2/c1-10-12(8-15-14-16-9-17-19(10)14)13(21)18(6-3-7-20)11-4-2-5-11/h8-9,11,20H,2-7H2,1H3. The maximum Gasteiger partial charge on any atom is 0.257 e. The minimum Gasteiger partial charge on any atom is -0.396 e. The number of rotatable bonds is 5. The highest BCUT2D eigenvalue weighted by atomic mass is 16.3. The number of amides is 1. The fraction of sp³-hybridized carbons (Fsp3) is 0.571. The van der Waals surface area contributed by atoms with Crippen LogP contribution in [-0.4, -0.2) is 54.7 Å². The molecule has 0 aromatic carbocycles. The second-order valence-electron chi connectivity index (χ2n) is 5.39. The number of nitrogens with zero attached hydrogens (tertiary/aromatic N) is 5. The van der Waals surface area contributed by atoms with Crippen LogP contribution >= 0.6 is 0 Å². The highest BCUT2D eigenvalue weighted by molar-refractivity contribution is 5.95. The molecule has 2 aromatic heterocycles. The first-order valence-electron chi connectivity index (χ1n) is 7.29. The zero-order valence-electron chi connectivity index (χ0n) is 12.1. The Morgan fingerprint density at radius 1 is 1.48 bits per heavy atom. The minimum atomic E-state index is -0.0319. The largest absolute Gasteiger partial charge is 0.396 e. The van der Waals surface area contributed by atoms with Gasteiger partial charge < -0.3 is 10.0 Å². The minimum absolute atomic E-state index is 0.0319. The van der Waals surface area contributed by atoms with Gasteiger partial charge in [0.2, 0.25) is 0 Å². The van der Waals surface area contributed by atoms with E-state index in [1.165, 1.54) is 6.33 Å². The maximum atomic E-state index is 12.8. The summed E-state index contributed by atoms with van der Waals surface area (Å²) < 4.78 is 1.58. The van der Waals surface area contributed by atoms with Gasteiger partial charge in [0.05, 0.1) is 11.3 Å². The summed E-state index contributed by atoms with van der Waals surface area (Å²) in [7, 11) is 0. The lowest BCUT2D eigenvalue weighted by Crippen LogP contribution is -2.45. The molecule has 7 nitrogen and oxygen atoms in total. The Morgan fingerprint density at radius 2 is 2.29 bits per heavy atom. The molecule has 112 valence electrons. The Bertz CT molecular complexity index is 650. The molecule has 0 saturated heterocycles. The van der Waals surface area contributed by atoms with Crippen LogP contribution in [0, 0.1) is 6.92 Å². The summed E-state index contributed by atoms with van der Waals surface area (Å²) in [5.41, 5.74) is 1.30. The number of carbonyl (C=O) groups is 1. The van der Waals surface area contributed by atoms with E-state index in [0.29, 0.717) is 24.3 Å². The predicted molar refractivity (Wildman–Crippen MR) is 75.9 cm³/mol. The molecular weight excluding hydrogens is 270 g/mol. The van der Waals surface area contributed by atoms with Gasteiger partial charge in [-0.3, -0.25) is 4.79 Å². The fourth-order valence-electron chi connectivity index (χ4n) is 2.64. The number of aryl methyl sites for hydroxylation is 1. The van der Waals surface area contributed by atoms with E-state index in [1.54, 1.807) is 10.7 Å². The number of carbonyl (C=O) groups excluding carboxylic acids is 1. The molecule has 1 N–H and O–H groups in total. The molecule has 1 amide bonds. The molecule has 1 aliphatic carbocycles. The Labute approximate surface area is 122 Å². The van der Waals surface area contributed by atoms with Crippen LogP contribution in [-0.2, 0) is 0 Å². The molecule has 2 aromatic rings. The molecule has 0 atom stereocenters. The maximum absolute atomic E-state index is 12.8. The molecule has 1 saturated carbocycles. The zero-order valence-corrected chi connectivity index (χ0v) is 12.1. The second-order valence-corrected chi connectivity index (χ2v) is 5.39. The molecule has 0 aliphatic heterocycles. The lowest BCUT2D eigenvalue weighted by molar-refractivity contribution is 0.0560. The monoisotopic (exact) mass is 289 g/mol. The van der Waals surface area contributed by atoms with Crippen molar-refractivity contribution in [1.29, 1.82) is 0 Å². The van der Waals surface area contributed by atoms with E-state index in [-0.39, 0.29) is 18.6 Å². The van der Waals surface area contributed by atoms with E-state index in [1.807, 2.05) is 11.8 Å². The first kappa shape index (κ1) is 13.9. The topological polar surface area (TPSA) is 83.6 Å². The smallest absolute Gasteiger partial charge is 0.257 e. The van der Waals surface area contributed by atoms with Gasteiger partial charge in [0.1, 0.15) is 6.33 Å². The third-order valence-corrected chi connectivity index (χ3v) is 4.11. The normalized spacial score (nSPS) is 15.1. The van der Waals surface area contributed by atoms with Gasteiger partial charge in [-0.1, -0.05) is 0 Å². The Hall–Kier alpha value is -2.02. The third-order valence-electron chi connectivity index (χ3n) is 4.11. The summed E-state index contributed by atoms with van der Waals surface area (Å²) >= 11 is 0. The van der Waals surface area contributed by atoms with Crippen molar-refractivity contribution in [3.63, 3.8) is 0 Å². The first-order valence-corrected chi connectivity index (χ1v) is 7.29. The average Bonchev–Trinajstić information content (AvgIpc) is 2.90. The molecule has 3 rings (SSSR count). The van der Waals surface area contributed by atoms with Gasteiger partial charge in [-0.15, -0.1) is 0 Å². The van der Waals surface area contributed by atoms with Crippen LogP contribution in [0.2, 0.25) is 0 Å². The van der Waals surface area contributed by atoms with Crippen LogP contribution in [0.3, 0.4) is 0 Å². The zero-order chi connectivity index (χ0) is 14.8. The van der Waals surface area contributed by atoms with Gasteiger partial charge in [0.15, 0.2) is 0 Å². The fourth-order valence-corrected chi connectivity index (χ4v) is 2.64. The predicted octanol–water partition coefficient (Wildman–Crippen LogP) is 0.810. The Kier molecular flexibility index (Phi) is 3.83. The van der Waals surface area contributed by atoms with E-state index in [2.05, 4.69) is 15.1 Å². The van der Waals surface area contributed by atoms with Crippen molar-refractivity contribution in [3.05, 3.63) is 23.8 Å². The van der Waals surface area contributed by atoms with E-state index in [0.717, 1.165) is 25.0 Å². The summed E-state index contributed by atoms with van der Waals surface area (Å²) in [6.45, 7) is 2.52. The van der Waals surface area contributed by atoms with Crippen molar-refractivity contribution in [1.82, 2.24) is 24.5 Å². The molecule has 2 heterocycles. The van der Waals surface area contributed by atoms with E-state index in [4.69, 9.17) is 5.11 Å². The lowest BCUT2D eigenvalue weighted by Gasteiger charge is -2.37. The summed E-state index contributed by atoms with van der Waals surface area (Å²) in [5, 5.41) is 13.1. The molecule has 21 heavy (non-hydrogen) atoms. The summed E-state index contributed by atoms with van der Waals surface area (Å²) in [6.07, 6.45) is 6.84. The van der Waals surface area contributed by atoms with Gasteiger partial charge in [0, 0.05) is 25.4 Å². The number of hydrogen-bond acceptors (Lipinski definition) is 5. The molecule has 0 unspecified atom stereocenters. The van der Waals surface area contributed by atoms with Crippen molar-refractivity contribution in [2.45, 2.75) is 38.6 Å². The molecule has 1 fully saturated rings. The van der Waals surface area contributed by atoms with Gasteiger partial charge in [-0.25, -0.2) is 9.50 Å². The van der Waals surface area contributed by atoms with Crippen molar-refractivity contribution in [2.75, 3.05) is 13.2 Å². The third kappa shape index (κ3) is 2.49. The van der Waals surface area contributed by atoms with Crippen molar-refractivity contribution in [2.24, 2.45) is 0 Å². The van der Waals surface area contributed by atoms with Gasteiger partial charge in [0.25, 0.3) is 11.7 Å². The molecule has 0 spiro atoms. The number of aliphatic hydroxyl groups is 1. The van der Waals surface area contributed by atoms with Crippen molar-refractivity contribution < 1.29 is 9.90 Å². The molecular formula is C14H19N5O2.